The minimum Gasteiger partial charge on any atom is -0.496 e. The molecular formula is C20H16BrClN2O6S. The molecule has 0 amide bonds. The fraction of sp³-hybridized carbons (Fsp3) is 0.150. The number of thioether (sulfide) groups is 1. The summed E-state index contributed by atoms with van der Waals surface area (Å²) in [6.07, 6.45) is 1.46. The van der Waals surface area contributed by atoms with E-state index in [2.05, 4.69) is 26.1 Å². The van der Waals surface area contributed by atoms with Gasteiger partial charge >= 0.3 is 5.97 Å². The highest BCUT2D eigenvalue weighted by Crippen LogP contribution is 2.38. The molecule has 2 aromatic carbocycles. The van der Waals surface area contributed by atoms with Crippen LogP contribution in [0.1, 0.15) is 5.56 Å². The minimum absolute atomic E-state index is 0.0348. The highest BCUT2D eigenvalue weighted by atomic mass is 79.9. The van der Waals surface area contributed by atoms with Crippen molar-refractivity contribution in [1.82, 2.24) is 10.2 Å². The third kappa shape index (κ3) is 5.33. The van der Waals surface area contributed by atoms with Crippen molar-refractivity contribution in [1.29, 1.82) is 0 Å². The van der Waals surface area contributed by atoms with Gasteiger partial charge < -0.3 is 23.7 Å². The second-order valence-corrected chi connectivity index (χ2v) is 8.16. The van der Waals surface area contributed by atoms with Crippen LogP contribution in [0.4, 0.5) is 0 Å². The predicted molar refractivity (Wildman–Crippen MR) is 120 cm³/mol. The number of carbonyl (C=O) groups is 1. The molecule has 0 unspecified atom stereocenters. The number of benzene rings is 2. The highest BCUT2D eigenvalue weighted by Gasteiger charge is 2.19. The van der Waals surface area contributed by atoms with Gasteiger partial charge in [-0.25, -0.2) is 4.79 Å². The summed E-state index contributed by atoms with van der Waals surface area (Å²) in [7, 11) is 4.51. The van der Waals surface area contributed by atoms with Gasteiger partial charge in [-0.3, -0.25) is 0 Å². The molecule has 11 heteroatoms. The van der Waals surface area contributed by atoms with Crippen LogP contribution in [-0.4, -0.2) is 42.6 Å². The molecule has 0 aliphatic carbocycles. The maximum Gasteiger partial charge on any atom is 0.342 e. The molecule has 0 bridgehead atoms. The van der Waals surface area contributed by atoms with Crippen molar-refractivity contribution in [3.63, 3.8) is 0 Å². The van der Waals surface area contributed by atoms with Gasteiger partial charge in [-0.05, 0) is 69.7 Å². The topological polar surface area (TPSA) is 104 Å². The Labute approximate surface area is 195 Å². The highest BCUT2D eigenvalue weighted by molar-refractivity contribution is 9.10. The lowest BCUT2D eigenvalue weighted by Gasteiger charge is -2.10. The predicted octanol–water partition coefficient (Wildman–Crippen LogP) is 5.40. The summed E-state index contributed by atoms with van der Waals surface area (Å²) in [5, 5.41) is 18.1. The Balaban J connectivity index is 1.93. The van der Waals surface area contributed by atoms with Gasteiger partial charge in [-0.2, -0.15) is 0 Å². The zero-order chi connectivity index (χ0) is 22.5. The normalized spacial score (nSPS) is 11.3. The van der Waals surface area contributed by atoms with Crippen LogP contribution in [0.3, 0.4) is 0 Å². The molecule has 0 aliphatic rings. The van der Waals surface area contributed by atoms with E-state index in [9.17, 15) is 9.90 Å². The smallest absolute Gasteiger partial charge is 0.342 e. The molecular weight excluding hydrogens is 512 g/mol. The van der Waals surface area contributed by atoms with E-state index in [-0.39, 0.29) is 16.0 Å². The first-order valence-electron chi connectivity index (χ1n) is 8.58. The third-order valence-electron chi connectivity index (χ3n) is 3.96. The number of aliphatic carboxylic acids is 1. The van der Waals surface area contributed by atoms with Crippen LogP contribution < -0.4 is 14.2 Å². The van der Waals surface area contributed by atoms with Crippen molar-refractivity contribution in [3.05, 3.63) is 50.3 Å². The molecule has 1 heterocycles. The van der Waals surface area contributed by atoms with E-state index in [1.54, 1.807) is 30.3 Å². The number of rotatable bonds is 8. The van der Waals surface area contributed by atoms with E-state index in [1.807, 2.05) is 0 Å². The van der Waals surface area contributed by atoms with Gasteiger partial charge in [0.1, 0.15) is 10.7 Å². The molecule has 1 aromatic heterocycles. The summed E-state index contributed by atoms with van der Waals surface area (Å²) >= 11 is 10.2. The van der Waals surface area contributed by atoms with E-state index >= 15 is 0 Å². The zero-order valence-corrected chi connectivity index (χ0v) is 19.7. The van der Waals surface area contributed by atoms with E-state index < -0.39 is 5.97 Å². The first kappa shape index (κ1) is 23.0. The second kappa shape index (κ2) is 10.1. The first-order chi connectivity index (χ1) is 14.9. The Morgan fingerprint density at radius 3 is 2.52 bits per heavy atom. The summed E-state index contributed by atoms with van der Waals surface area (Å²) in [5.74, 6) is 0.442. The second-order valence-electron chi connectivity index (χ2n) is 5.87. The van der Waals surface area contributed by atoms with E-state index in [0.717, 1.165) is 11.8 Å². The summed E-state index contributed by atoms with van der Waals surface area (Å²) in [6, 6.07) is 8.33. The maximum absolute atomic E-state index is 11.8. The Morgan fingerprint density at radius 1 is 1.13 bits per heavy atom. The van der Waals surface area contributed by atoms with Crippen LogP contribution in [0.15, 0.2) is 49.3 Å². The van der Waals surface area contributed by atoms with Crippen LogP contribution in [0, 0.1) is 0 Å². The quantitative estimate of drug-likeness (QED) is 0.305. The fourth-order valence-corrected chi connectivity index (χ4v) is 4.08. The van der Waals surface area contributed by atoms with Gasteiger partial charge in [0.15, 0.2) is 11.5 Å². The molecule has 0 aliphatic heterocycles. The van der Waals surface area contributed by atoms with Crippen molar-refractivity contribution in [2.24, 2.45) is 0 Å². The summed E-state index contributed by atoms with van der Waals surface area (Å²) in [6.45, 7) is 0. The average molecular weight is 528 g/mol. The fourth-order valence-electron chi connectivity index (χ4n) is 2.61. The zero-order valence-electron chi connectivity index (χ0n) is 16.5. The monoisotopic (exact) mass is 526 g/mol. The summed E-state index contributed by atoms with van der Waals surface area (Å²) < 4.78 is 22.1. The lowest BCUT2D eigenvalue weighted by molar-refractivity contribution is -0.131. The standard InChI is InChI=1S/C20H16BrClN2O6S/c1-27-14-5-4-11(22)9-12(14)18-23-24-20(30-18)31-16(19(25)26)8-10-6-13(21)17(29-3)15(7-10)28-2/h4-9H,1-3H3,(H,25,26)/b16-8-. The Morgan fingerprint density at radius 2 is 1.87 bits per heavy atom. The van der Waals surface area contributed by atoms with Crippen LogP contribution in [0.25, 0.3) is 17.5 Å². The van der Waals surface area contributed by atoms with Crippen LogP contribution in [0.2, 0.25) is 5.02 Å². The molecule has 162 valence electrons. The molecule has 0 radical (unpaired) electrons. The molecule has 0 saturated heterocycles. The van der Waals surface area contributed by atoms with Gasteiger partial charge in [-0.15, -0.1) is 10.2 Å². The number of ether oxygens (including phenoxy) is 3. The number of carboxylic acid groups (broad SMARTS) is 1. The maximum atomic E-state index is 11.8. The van der Waals surface area contributed by atoms with Gasteiger partial charge in [0.05, 0.1) is 31.4 Å². The molecule has 0 fully saturated rings. The number of aromatic nitrogens is 2. The van der Waals surface area contributed by atoms with Crippen LogP contribution >= 0.6 is 39.3 Å². The lowest BCUT2D eigenvalue weighted by Crippen LogP contribution is -1.97. The minimum atomic E-state index is -1.16. The molecule has 0 atom stereocenters. The molecule has 8 nitrogen and oxygen atoms in total. The van der Waals surface area contributed by atoms with Gasteiger partial charge in [0.25, 0.3) is 11.1 Å². The summed E-state index contributed by atoms with van der Waals surface area (Å²) in [5.41, 5.74) is 1.07. The number of hydrogen-bond acceptors (Lipinski definition) is 8. The van der Waals surface area contributed by atoms with Crippen molar-refractivity contribution >= 4 is 51.3 Å². The molecule has 31 heavy (non-hydrogen) atoms. The first-order valence-corrected chi connectivity index (χ1v) is 10.6. The molecule has 0 spiro atoms. The van der Waals surface area contributed by atoms with Gasteiger partial charge in [0.2, 0.25) is 0 Å². The molecule has 3 rings (SSSR count). The van der Waals surface area contributed by atoms with Gasteiger partial charge in [-0.1, -0.05) is 11.6 Å². The molecule has 0 saturated carbocycles. The Hall–Kier alpha value is -2.69. The Bertz CT molecular complexity index is 1150. The number of carboxylic acids is 1. The number of nitrogens with zero attached hydrogens (tertiary/aromatic N) is 2. The average Bonchev–Trinajstić information content (AvgIpc) is 3.21. The number of methoxy groups -OCH3 is 3. The third-order valence-corrected chi connectivity index (χ3v) is 5.64. The SMILES string of the molecule is COc1ccc(Cl)cc1-c1nnc(S/C(=C\c2cc(Br)c(OC)c(OC)c2)C(=O)O)o1. The molecule has 3 aromatic rings. The molecule has 1 N–H and O–H groups in total. The Kier molecular flexibility index (Phi) is 7.47. The van der Waals surface area contributed by atoms with E-state index in [0.29, 0.717) is 37.9 Å². The van der Waals surface area contributed by atoms with E-state index in [1.165, 1.54) is 27.4 Å². The van der Waals surface area contributed by atoms with E-state index in [4.69, 9.17) is 30.2 Å². The van der Waals surface area contributed by atoms with Crippen molar-refractivity contribution in [2.45, 2.75) is 5.22 Å². The number of hydrogen-bond donors (Lipinski definition) is 1. The van der Waals surface area contributed by atoms with Crippen LogP contribution in [-0.2, 0) is 4.79 Å². The summed E-state index contributed by atoms with van der Waals surface area (Å²) in [4.78, 5) is 11.8. The lowest BCUT2D eigenvalue weighted by atomic mass is 10.2. The van der Waals surface area contributed by atoms with Crippen molar-refractivity contribution < 1.29 is 28.5 Å². The van der Waals surface area contributed by atoms with Gasteiger partial charge in [0, 0.05) is 5.02 Å². The number of halogens is 2. The largest absolute Gasteiger partial charge is 0.496 e. The van der Waals surface area contributed by atoms with Crippen LogP contribution in [0.5, 0.6) is 17.2 Å². The van der Waals surface area contributed by atoms with Crippen molar-refractivity contribution in [3.8, 4) is 28.7 Å². The van der Waals surface area contributed by atoms with Crippen molar-refractivity contribution in [2.75, 3.05) is 21.3 Å².